The molecule has 272 valence electrons. The summed E-state index contributed by atoms with van der Waals surface area (Å²) in [4.78, 5) is 2.02. The number of anilines is 1. The lowest BCUT2D eigenvalue weighted by molar-refractivity contribution is -0.432. The zero-order valence-corrected chi connectivity index (χ0v) is 31.1. The Bertz CT molecular complexity index is 2150. The van der Waals surface area contributed by atoms with Crippen LogP contribution in [0.4, 0.5) is 11.4 Å². The minimum absolute atomic E-state index is 0.00810. The number of hydrogen-bond acceptors (Lipinski definition) is 11. The maximum atomic E-state index is 11.8. The first-order valence-corrected chi connectivity index (χ1v) is 20.4. The van der Waals surface area contributed by atoms with Crippen LogP contribution in [0.5, 0.6) is 0 Å². The smallest absolute Gasteiger partial charge is 0.294 e. The van der Waals surface area contributed by atoms with Crippen molar-refractivity contribution in [2.75, 3.05) is 29.5 Å². The van der Waals surface area contributed by atoms with Crippen molar-refractivity contribution in [1.82, 2.24) is 0 Å². The van der Waals surface area contributed by atoms with Gasteiger partial charge in [-0.15, -0.1) is 4.33 Å². The zero-order chi connectivity index (χ0) is 37.3. The number of fused-ring (bicyclic) bond motifs is 2. The molecule has 0 radical (unpaired) electrons. The lowest BCUT2D eigenvalue weighted by Gasteiger charge is -2.26. The molecule has 18 heteroatoms. The topological polar surface area (TPSA) is 208 Å². The molecule has 4 rings (SSSR count). The molecule has 0 atom stereocenters. The van der Waals surface area contributed by atoms with Crippen LogP contribution in [0.25, 0.3) is 0 Å². The monoisotopic (exact) mass is 771 g/mol. The lowest BCUT2D eigenvalue weighted by atomic mass is 9.81. The number of nitrogens with zero attached hydrogens (tertiary/aromatic N) is 2. The van der Waals surface area contributed by atoms with E-state index in [-0.39, 0.29) is 18.0 Å². The molecule has 0 aromatic heterocycles. The molecule has 0 saturated heterocycles. The highest BCUT2D eigenvalue weighted by molar-refractivity contribution is 7.94. The van der Waals surface area contributed by atoms with Crippen molar-refractivity contribution in [3.63, 3.8) is 0 Å². The lowest BCUT2D eigenvalue weighted by Crippen LogP contribution is -2.30. The third-order valence-electron chi connectivity index (χ3n) is 8.56. The Hall–Kier alpha value is -3.17. The van der Waals surface area contributed by atoms with Crippen molar-refractivity contribution in [2.45, 2.75) is 55.2 Å². The normalized spacial score (nSPS) is 18.5. The van der Waals surface area contributed by atoms with Crippen LogP contribution in [0, 0.1) is 0 Å². The van der Waals surface area contributed by atoms with E-state index in [4.69, 9.17) is 5.26 Å². The largest absolute Gasteiger partial charge is 0.343 e. The fraction of sp³-hybridized carbons (Fsp3) is 0.344. The molecule has 0 unspecified atom stereocenters. The molecule has 0 spiro atoms. The Labute approximate surface area is 296 Å². The standard InChI is InChI=1S/C32H38N2O12S4/c1-22(8-6-10-29-31(2,3)25-20-23(47-46-45-35)12-14-27(25)33(29)16-18-48(36,37)38)9-7-11-30-32(4,5)26-21-24(50(42,43)44)13-15-28(26)34(30)17-19-49(39,40)41/h6-15,20-21H,16-19H2,1-5H3,(H3-,35,36,37,38,39,40,41,42,43,44)/p+1. The van der Waals surface area contributed by atoms with Crippen LogP contribution in [0.15, 0.2) is 93.9 Å². The number of rotatable bonds is 14. The first kappa shape index (κ1) is 39.6. The third kappa shape index (κ3) is 9.19. The molecule has 0 aliphatic carbocycles. The van der Waals surface area contributed by atoms with Crippen molar-refractivity contribution < 1.29 is 58.1 Å². The van der Waals surface area contributed by atoms with E-state index in [1.54, 1.807) is 35.3 Å². The van der Waals surface area contributed by atoms with Crippen LogP contribution < -0.4 is 4.90 Å². The van der Waals surface area contributed by atoms with Crippen LogP contribution in [-0.2, 0) is 50.6 Å². The van der Waals surface area contributed by atoms with Gasteiger partial charge in [0.25, 0.3) is 30.4 Å². The van der Waals surface area contributed by atoms with Gasteiger partial charge in [-0.1, -0.05) is 48.8 Å². The molecule has 2 heterocycles. The second-order valence-electron chi connectivity index (χ2n) is 12.8. The number of allylic oxidation sites excluding steroid dienone is 8. The van der Waals surface area contributed by atoms with E-state index in [2.05, 4.69) is 9.37 Å². The average molecular weight is 772 g/mol. The molecule has 0 fully saturated rings. The third-order valence-corrected chi connectivity index (χ3v) is 11.4. The summed E-state index contributed by atoms with van der Waals surface area (Å²) < 4.78 is 105. The molecule has 2 aliphatic rings. The van der Waals surface area contributed by atoms with Crippen LogP contribution in [0.3, 0.4) is 0 Å². The molecule has 2 aromatic carbocycles. The summed E-state index contributed by atoms with van der Waals surface area (Å²) in [6.45, 7) is 9.33. The van der Waals surface area contributed by atoms with Gasteiger partial charge in [0.05, 0.1) is 28.1 Å². The van der Waals surface area contributed by atoms with Crippen molar-refractivity contribution in [1.29, 1.82) is 0 Å². The van der Waals surface area contributed by atoms with E-state index < -0.39 is 52.7 Å². The van der Waals surface area contributed by atoms with E-state index in [9.17, 15) is 38.9 Å². The second-order valence-corrected chi connectivity index (χ2v) is 18.1. The van der Waals surface area contributed by atoms with Gasteiger partial charge in [-0.25, -0.2) is 5.26 Å². The van der Waals surface area contributed by atoms with Crippen molar-refractivity contribution in [3.8, 4) is 0 Å². The van der Waals surface area contributed by atoms with Gasteiger partial charge in [0, 0.05) is 45.9 Å². The Morgan fingerprint density at radius 3 is 2.20 bits per heavy atom. The Morgan fingerprint density at radius 1 is 0.900 bits per heavy atom. The zero-order valence-electron chi connectivity index (χ0n) is 27.8. The molecule has 50 heavy (non-hydrogen) atoms. The van der Waals surface area contributed by atoms with Crippen LogP contribution in [0.2, 0.25) is 0 Å². The van der Waals surface area contributed by atoms with Gasteiger partial charge in [0.15, 0.2) is 12.3 Å². The number of hydrogen-bond donors (Lipinski definition) is 4. The summed E-state index contributed by atoms with van der Waals surface area (Å²) in [5.41, 5.74) is 3.47. The Kier molecular flexibility index (Phi) is 11.7. The van der Waals surface area contributed by atoms with Crippen LogP contribution in [0.1, 0.15) is 45.7 Å². The maximum Gasteiger partial charge on any atom is 0.294 e. The predicted molar refractivity (Wildman–Crippen MR) is 189 cm³/mol. The van der Waals surface area contributed by atoms with E-state index in [1.165, 1.54) is 18.2 Å². The summed E-state index contributed by atoms with van der Waals surface area (Å²) in [6, 6.07) is 9.41. The van der Waals surface area contributed by atoms with Gasteiger partial charge in [-0.05, 0) is 62.7 Å². The average Bonchev–Trinajstić information content (AvgIpc) is 3.34. The van der Waals surface area contributed by atoms with E-state index in [0.29, 0.717) is 21.8 Å². The first-order chi connectivity index (χ1) is 23.1. The summed E-state index contributed by atoms with van der Waals surface area (Å²) in [5.74, 6) is -1.07. The van der Waals surface area contributed by atoms with Crippen molar-refractivity contribution in [2.24, 2.45) is 0 Å². The van der Waals surface area contributed by atoms with E-state index in [0.717, 1.165) is 34.6 Å². The Morgan fingerprint density at radius 2 is 1.58 bits per heavy atom. The van der Waals surface area contributed by atoms with Gasteiger partial charge in [-0.3, -0.25) is 13.7 Å². The molecule has 0 bridgehead atoms. The van der Waals surface area contributed by atoms with E-state index in [1.807, 2.05) is 63.5 Å². The summed E-state index contributed by atoms with van der Waals surface area (Å²) >= 11 is 0.796. The number of benzene rings is 2. The fourth-order valence-corrected chi connectivity index (χ4v) is 7.84. The highest BCUT2D eigenvalue weighted by atomic mass is 32.2. The molecule has 2 aromatic rings. The quantitative estimate of drug-likeness (QED) is 0.0483. The minimum Gasteiger partial charge on any atom is -0.343 e. The second kappa shape index (κ2) is 14.8. The van der Waals surface area contributed by atoms with Crippen molar-refractivity contribution in [3.05, 3.63) is 95.3 Å². The molecule has 0 saturated carbocycles. The van der Waals surface area contributed by atoms with E-state index >= 15 is 0 Å². The van der Waals surface area contributed by atoms with Gasteiger partial charge < -0.3 is 4.90 Å². The molecule has 2 aliphatic heterocycles. The summed E-state index contributed by atoms with van der Waals surface area (Å²) in [6.07, 6.45) is 10.8. The highest BCUT2D eigenvalue weighted by Gasteiger charge is 2.45. The molecular formula is C32H39N2O12S4+. The highest BCUT2D eigenvalue weighted by Crippen LogP contribution is 2.48. The summed E-state index contributed by atoms with van der Waals surface area (Å²) in [7, 11) is -13.1. The van der Waals surface area contributed by atoms with Gasteiger partial charge >= 0.3 is 0 Å². The predicted octanol–water partition coefficient (Wildman–Crippen LogP) is 5.25. The van der Waals surface area contributed by atoms with Gasteiger partial charge in [0.1, 0.15) is 5.75 Å². The SMILES string of the molecule is CC(/C=C/C=C1/N(CCS(=O)(=O)O)c2ccc(S(=O)(=O)O)cc2C1(C)C)=C\C=C\C1=[N+](CCS(=O)(=O)O)c2ccc(SOOO)cc2C1(C)C. The minimum atomic E-state index is -4.49. The van der Waals surface area contributed by atoms with Crippen LogP contribution >= 0.6 is 12.0 Å². The van der Waals surface area contributed by atoms with Crippen molar-refractivity contribution >= 4 is 59.5 Å². The molecule has 0 amide bonds. The Balaban J connectivity index is 1.65. The van der Waals surface area contributed by atoms with Gasteiger partial charge in [0.2, 0.25) is 5.69 Å². The molecular weight excluding hydrogens is 733 g/mol. The fourth-order valence-electron chi connectivity index (χ4n) is 6.11. The molecule has 14 nitrogen and oxygen atoms in total. The van der Waals surface area contributed by atoms with Gasteiger partial charge in [-0.2, -0.15) is 29.8 Å². The summed E-state index contributed by atoms with van der Waals surface area (Å²) in [5, 5.41) is 12.2. The maximum absolute atomic E-state index is 11.8. The van der Waals surface area contributed by atoms with Crippen LogP contribution in [-0.4, -0.2) is 79.1 Å². The first-order valence-electron chi connectivity index (χ1n) is 15.0. The molecule has 4 N–H and O–H groups in total.